The molecule has 1 aliphatic carbocycles. The van der Waals surface area contributed by atoms with Gasteiger partial charge in [-0.1, -0.05) is 0 Å². The van der Waals surface area contributed by atoms with Crippen LogP contribution in [0.4, 0.5) is 0 Å². The molecule has 0 aromatic carbocycles. The van der Waals surface area contributed by atoms with Crippen LogP contribution < -0.4 is 5.32 Å². The highest BCUT2D eigenvalue weighted by atomic mass is 35.5. The Morgan fingerprint density at radius 3 is 3.07 bits per heavy atom. The molecular formula is C10H14ClN3O. The van der Waals surface area contributed by atoms with Gasteiger partial charge in [0.05, 0.1) is 12.2 Å². The summed E-state index contributed by atoms with van der Waals surface area (Å²) in [7, 11) is 0. The van der Waals surface area contributed by atoms with Gasteiger partial charge in [0, 0.05) is 5.69 Å². The Morgan fingerprint density at radius 2 is 2.27 bits per heavy atom. The number of amides is 1. The first-order valence-electron chi connectivity index (χ1n) is 5.19. The van der Waals surface area contributed by atoms with E-state index in [1.807, 2.05) is 0 Å². The van der Waals surface area contributed by atoms with Gasteiger partial charge in [0.1, 0.15) is 5.88 Å². The second-order valence-corrected chi connectivity index (χ2v) is 4.01. The van der Waals surface area contributed by atoms with Gasteiger partial charge in [0.25, 0.3) is 0 Å². The van der Waals surface area contributed by atoms with Gasteiger partial charge < -0.3 is 5.32 Å². The van der Waals surface area contributed by atoms with Crippen LogP contribution in [0.5, 0.6) is 0 Å². The SMILES string of the molecule is O=C(CCl)NCc1n[nH]c2c1CCCC2. The number of alkyl halides is 1. The van der Waals surface area contributed by atoms with Crippen molar-refractivity contribution < 1.29 is 4.79 Å². The second kappa shape index (κ2) is 4.66. The first-order chi connectivity index (χ1) is 7.31. The summed E-state index contributed by atoms with van der Waals surface area (Å²) in [4.78, 5) is 11.0. The molecule has 2 rings (SSSR count). The monoisotopic (exact) mass is 227 g/mol. The first-order valence-corrected chi connectivity index (χ1v) is 5.72. The number of fused-ring (bicyclic) bond motifs is 1. The second-order valence-electron chi connectivity index (χ2n) is 3.74. The summed E-state index contributed by atoms with van der Waals surface area (Å²) in [5.74, 6) is -0.142. The maximum absolute atomic E-state index is 11.0. The van der Waals surface area contributed by atoms with Gasteiger partial charge in [0.15, 0.2) is 0 Å². The van der Waals surface area contributed by atoms with Crippen molar-refractivity contribution in [3.63, 3.8) is 0 Å². The summed E-state index contributed by atoms with van der Waals surface area (Å²) < 4.78 is 0. The van der Waals surface area contributed by atoms with Gasteiger partial charge in [-0.3, -0.25) is 9.89 Å². The Morgan fingerprint density at radius 1 is 1.47 bits per heavy atom. The Labute approximate surface area is 93.4 Å². The molecule has 1 aromatic heterocycles. The van der Waals surface area contributed by atoms with E-state index in [2.05, 4.69) is 15.5 Å². The molecule has 0 saturated carbocycles. The number of carbonyl (C=O) groups is 1. The highest BCUT2D eigenvalue weighted by Gasteiger charge is 2.16. The van der Waals surface area contributed by atoms with E-state index in [9.17, 15) is 4.79 Å². The summed E-state index contributed by atoms with van der Waals surface area (Å²) in [6.45, 7) is 0.484. The number of aromatic amines is 1. The van der Waals surface area contributed by atoms with Crippen molar-refractivity contribution >= 4 is 17.5 Å². The topological polar surface area (TPSA) is 57.8 Å². The molecule has 82 valence electrons. The highest BCUT2D eigenvalue weighted by molar-refractivity contribution is 6.27. The fraction of sp³-hybridized carbons (Fsp3) is 0.600. The molecule has 0 radical (unpaired) electrons. The molecule has 1 aromatic rings. The van der Waals surface area contributed by atoms with Crippen LogP contribution in [0.15, 0.2) is 0 Å². The average molecular weight is 228 g/mol. The molecule has 0 bridgehead atoms. The number of aryl methyl sites for hydroxylation is 1. The smallest absolute Gasteiger partial charge is 0.235 e. The number of halogens is 1. The summed E-state index contributed by atoms with van der Waals surface area (Å²) in [5, 5.41) is 9.99. The van der Waals surface area contributed by atoms with Gasteiger partial charge in [-0.15, -0.1) is 11.6 Å². The minimum atomic E-state index is -0.149. The number of nitrogens with one attached hydrogen (secondary N) is 2. The largest absolute Gasteiger partial charge is 0.349 e. The third-order valence-corrected chi connectivity index (χ3v) is 2.96. The average Bonchev–Trinajstić information content (AvgIpc) is 2.69. The summed E-state index contributed by atoms with van der Waals surface area (Å²) >= 11 is 5.40. The number of rotatable bonds is 3. The standard InChI is InChI=1S/C10H14ClN3O/c11-5-10(15)12-6-9-7-3-1-2-4-8(7)13-14-9/h1-6H2,(H,12,15)(H,13,14). The number of H-pyrrole nitrogens is 1. The van der Waals surface area contributed by atoms with Gasteiger partial charge in [-0.2, -0.15) is 5.10 Å². The van der Waals surface area contributed by atoms with E-state index in [0.29, 0.717) is 6.54 Å². The number of hydrogen-bond donors (Lipinski definition) is 2. The van der Waals surface area contributed by atoms with Crippen molar-refractivity contribution in [1.29, 1.82) is 0 Å². The van der Waals surface area contributed by atoms with Crippen LogP contribution in [-0.4, -0.2) is 22.0 Å². The first kappa shape index (κ1) is 10.5. The lowest BCUT2D eigenvalue weighted by Crippen LogP contribution is -2.24. The van der Waals surface area contributed by atoms with Crippen LogP contribution in [0.3, 0.4) is 0 Å². The van der Waals surface area contributed by atoms with E-state index in [-0.39, 0.29) is 11.8 Å². The van der Waals surface area contributed by atoms with E-state index in [0.717, 1.165) is 18.5 Å². The molecule has 1 amide bonds. The number of carbonyl (C=O) groups excluding carboxylic acids is 1. The predicted molar refractivity (Wildman–Crippen MR) is 57.8 cm³/mol. The molecule has 1 aliphatic rings. The van der Waals surface area contributed by atoms with Crippen molar-refractivity contribution in [3.8, 4) is 0 Å². The van der Waals surface area contributed by atoms with Crippen LogP contribution in [0.2, 0.25) is 0 Å². The van der Waals surface area contributed by atoms with E-state index < -0.39 is 0 Å². The van der Waals surface area contributed by atoms with Crippen molar-refractivity contribution in [3.05, 3.63) is 17.0 Å². The maximum Gasteiger partial charge on any atom is 0.235 e. The predicted octanol–water partition coefficient (Wildman–Crippen LogP) is 1.14. The van der Waals surface area contributed by atoms with Gasteiger partial charge in [0.2, 0.25) is 5.91 Å². The Hall–Kier alpha value is -1.03. The van der Waals surface area contributed by atoms with E-state index >= 15 is 0 Å². The van der Waals surface area contributed by atoms with E-state index in [1.54, 1.807) is 0 Å². The lowest BCUT2D eigenvalue weighted by Gasteiger charge is -2.11. The number of nitrogens with zero attached hydrogens (tertiary/aromatic N) is 1. The van der Waals surface area contributed by atoms with Gasteiger partial charge in [-0.25, -0.2) is 0 Å². The summed E-state index contributed by atoms with van der Waals surface area (Å²) in [6.07, 6.45) is 4.58. The minimum absolute atomic E-state index is 0.00656. The Bertz CT molecular complexity index is 362. The summed E-state index contributed by atoms with van der Waals surface area (Å²) in [5.41, 5.74) is 3.48. The fourth-order valence-corrected chi connectivity index (χ4v) is 2.02. The van der Waals surface area contributed by atoms with Crippen molar-refractivity contribution in [1.82, 2.24) is 15.5 Å². The van der Waals surface area contributed by atoms with Crippen LogP contribution in [-0.2, 0) is 24.2 Å². The lowest BCUT2D eigenvalue weighted by atomic mass is 9.96. The minimum Gasteiger partial charge on any atom is -0.349 e. The molecule has 2 N–H and O–H groups in total. The molecule has 0 unspecified atom stereocenters. The van der Waals surface area contributed by atoms with E-state index in [4.69, 9.17) is 11.6 Å². The molecule has 15 heavy (non-hydrogen) atoms. The van der Waals surface area contributed by atoms with Crippen LogP contribution in [0.25, 0.3) is 0 Å². The molecule has 0 saturated heterocycles. The van der Waals surface area contributed by atoms with Crippen molar-refractivity contribution in [2.24, 2.45) is 0 Å². The molecule has 5 heteroatoms. The molecule has 0 fully saturated rings. The molecule has 0 atom stereocenters. The third kappa shape index (κ3) is 2.31. The van der Waals surface area contributed by atoms with Gasteiger partial charge >= 0.3 is 0 Å². The molecular weight excluding hydrogens is 214 g/mol. The zero-order valence-electron chi connectivity index (χ0n) is 8.48. The highest BCUT2D eigenvalue weighted by Crippen LogP contribution is 2.21. The van der Waals surface area contributed by atoms with Crippen molar-refractivity contribution in [2.45, 2.75) is 32.2 Å². The molecule has 0 spiro atoms. The number of hydrogen-bond acceptors (Lipinski definition) is 2. The number of aromatic nitrogens is 2. The Kier molecular flexibility index (Phi) is 3.26. The van der Waals surface area contributed by atoms with E-state index in [1.165, 1.54) is 24.1 Å². The molecule has 0 aliphatic heterocycles. The van der Waals surface area contributed by atoms with Crippen LogP contribution >= 0.6 is 11.6 Å². The molecule has 4 nitrogen and oxygen atoms in total. The third-order valence-electron chi connectivity index (χ3n) is 2.72. The zero-order valence-corrected chi connectivity index (χ0v) is 9.23. The quantitative estimate of drug-likeness (QED) is 0.761. The van der Waals surface area contributed by atoms with Crippen LogP contribution in [0, 0.1) is 0 Å². The fourth-order valence-electron chi connectivity index (χ4n) is 1.93. The van der Waals surface area contributed by atoms with Gasteiger partial charge in [-0.05, 0) is 31.2 Å². The van der Waals surface area contributed by atoms with Crippen molar-refractivity contribution in [2.75, 3.05) is 5.88 Å². The maximum atomic E-state index is 11.0. The van der Waals surface area contributed by atoms with Crippen LogP contribution in [0.1, 0.15) is 29.8 Å². The normalized spacial score (nSPS) is 14.7. The molecule has 1 heterocycles. The summed E-state index contributed by atoms with van der Waals surface area (Å²) in [6, 6.07) is 0. The Balaban J connectivity index is 2.02. The zero-order chi connectivity index (χ0) is 10.7. The lowest BCUT2D eigenvalue weighted by molar-refractivity contribution is -0.118.